The number of thioether (sulfide) groups is 1. The topological polar surface area (TPSA) is 41.6 Å². The van der Waals surface area contributed by atoms with E-state index < -0.39 is 0 Å². The minimum absolute atomic E-state index is 0.156. The first-order chi connectivity index (χ1) is 11.0. The molecule has 2 aromatic carbocycles. The predicted octanol–water partition coefficient (Wildman–Crippen LogP) is 4.84. The van der Waals surface area contributed by atoms with Crippen molar-refractivity contribution >= 4 is 39.4 Å². The van der Waals surface area contributed by atoms with Crippen LogP contribution in [0.3, 0.4) is 0 Å². The summed E-state index contributed by atoms with van der Waals surface area (Å²) in [6.45, 7) is 0.553. The smallest absolute Gasteiger partial charge is 0.321 e. The van der Waals surface area contributed by atoms with Crippen molar-refractivity contribution in [1.29, 1.82) is 0 Å². The Morgan fingerprint density at radius 1 is 1.26 bits per heavy atom. The zero-order chi connectivity index (χ0) is 16.8. The van der Waals surface area contributed by atoms with Crippen molar-refractivity contribution in [3.8, 4) is 5.75 Å². The predicted molar refractivity (Wildman–Crippen MR) is 99.4 cm³/mol. The van der Waals surface area contributed by atoms with Crippen molar-refractivity contribution in [2.24, 2.45) is 0 Å². The second kappa shape index (κ2) is 8.26. The molecule has 0 saturated carbocycles. The Hall–Kier alpha value is -1.66. The quantitative estimate of drug-likeness (QED) is 0.737. The standard InChI is InChI=1S/C17H19BrN2O2S/c1-20(11-12-4-7-14(23-3)8-5-12)17(21)19-13-6-9-16(22-2)15(18)10-13/h4-10H,11H2,1-3H3,(H,19,21). The van der Waals surface area contributed by atoms with Crippen LogP contribution in [-0.2, 0) is 6.54 Å². The Morgan fingerprint density at radius 2 is 1.96 bits per heavy atom. The minimum Gasteiger partial charge on any atom is -0.496 e. The van der Waals surface area contributed by atoms with Gasteiger partial charge in [0.25, 0.3) is 0 Å². The Kier molecular flexibility index (Phi) is 6.36. The number of nitrogens with one attached hydrogen (secondary N) is 1. The number of anilines is 1. The van der Waals surface area contributed by atoms with E-state index >= 15 is 0 Å². The lowest BCUT2D eigenvalue weighted by molar-refractivity contribution is 0.220. The largest absolute Gasteiger partial charge is 0.496 e. The van der Waals surface area contributed by atoms with E-state index in [0.717, 1.165) is 15.8 Å². The van der Waals surface area contributed by atoms with Gasteiger partial charge in [0.2, 0.25) is 0 Å². The third kappa shape index (κ3) is 4.91. The van der Waals surface area contributed by atoms with Crippen molar-refractivity contribution < 1.29 is 9.53 Å². The lowest BCUT2D eigenvalue weighted by atomic mass is 10.2. The van der Waals surface area contributed by atoms with Crippen LogP contribution in [0.2, 0.25) is 0 Å². The maximum atomic E-state index is 12.3. The molecule has 23 heavy (non-hydrogen) atoms. The molecule has 0 aliphatic carbocycles. The third-order valence-corrected chi connectivity index (χ3v) is 4.69. The van der Waals surface area contributed by atoms with Crippen molar-refractivity contribution in [3.63, 3.8) is 0 Å². The van der Waals surface area contributed by atoms with E-state index in [1.807, 2.05) is 30.5 Å². The number of amides is 2. The van der Waals surface area contributed by atoms with Crippen LogP contribution in [0.5, 0.6) is 5.75 Å². The molecule has 4 nitrogen and oxygen atoms in total. The number of ether oxygens (including phenoxy) is 1. The SMILES string of the molecule is COc1ccc(NC(=O)N(C)Cc2ccc(SC)cc2)cc1Br. The highest BCUT2D eigenvalue weighted by Gasteiger charge is 2.10. The van der Waals surface area contributed by atoms with Crippen LogP contribution in [0.25, 0.3) is 0 Å². The molecule has 0 fully saturated rings. The summed E-state index contributed by atoms with van der Waals surface area (Å²) in [4.78, 5) is 15.1. The van der Waals surface area contributed by atoms with Crippen molar-refractivity contribution in [2.45, 2.75) is 11.4 Å². The highest BCUT2D eigenvalue weighted by Crippen LogP contribution is 2.27. The summed E-state index contributed by atoms with van der Waals surface area (Å²) in [5.74, 6) is 0.727. The fourth-order valence-corrected chi connectivity index (χ4v) is 2.99. The fraction of sp³-hybridized carbons (Fsp3) is 0.235. The highest BCUT2D eigenvalue weighted by atomic mass is 79.9. The number of rotatable bonds is 5. The van der Waals surface area contributed by atoms with Crippen molar-refractivity contribution in [3.05, 3.63) is 52.5 Å². The molecular weight excluding hydrogens is 376 g/mol. The van der Waals surface area contributed by atoms with Gasteiger partial charge in [0.05, 0.1) is 11.6 Å². The van der Waals surface area contributed by atoms with Gasteiger partial charge in [-0.2, -0.15) is 0 Å². The van der Waals surface area contributed by atoms with Gasteiger partial charge in [0, 0.05) is 24.2 Å². The number of carbonyl (C=O) groups is 1. The maximum absolute atomic E-state index is 12.3. The molecule has 0 unspecified atom stereocenters. The molecule has 2 amide bonds. The van der Waals surface area contributed by atoms with Crippen molar-refractivity contribution in [1.82, 2.24) is 4.90 Å². The molecule has 0 radical (unpaired) electrons. The zero-order valence-corrected chi connectivity index (χ0v) is 15.7. The molecule has 0 aliphatic rings. The van der Waals surface area contributed by atoms with Gasteiger partial charge < -0.3 is 15.0 Å². The van der Waals surface area contributed by atoms with E-state index in [1.165, 1.54) is 4.90 Å². The van der Waals surface area contributed by atoms with Crippen molar-refractivity contribution in [2.75, 3.05) is 25.7 Å². The molecule has 2 rings (SSSR count). The van der Waals surface area contributed by atoms with Crippen LogP contribution in [0, 0.1) is 0 Å². The highest BCUT2D eigenvalue weighted by molar-refractivity contribution is 9.10. The number of carbonyl (C=O) groups excluding carboxylic acids is 1. The monoisotopic (exact) mass is 394 g/mol. The van der Waals surface area contributed by atoms with E-state index in [2.05, 4.69) is 33.4 Å². The number of benzene rings is 2. The van der Waals surface area contributed by atoms with Gasteiger partial charge in [-0.15, -0.1) is 11.8 Å². The number of urea groups is 1. The van der Waals surface area contributed by atoms with Crippen LogP contribution >= 0.6 is 27.7 Å². The van der Waals surface area contributed by atoms with Crippen LogP contribution in [-0.4, -0.2) is 31.3 Å². The summed E-state index contributed by atoms with van der Waals surface area (Å²) in [5, 5.41) is 2.87. The average Bonchev–Trinajstić information content (AvgIpc) is 2.55. The number of hydrogen-bond donors (Lipinski definition) is 1. The molecule has 0 aromatic heterocycles. The maximum Gasteiger partial charge on any atom is 0.321 e. The molecule has 0 heterocycles. The molecule has 0 aliphatic heterocycles. The molecule has 0 saturated heterocycles. The molecule has 122 valence electrons. The number of halogens is 1. The molecule has 0 bridgehead atoms. The van der Waals surface area contributed by atoms with E-state index in [9.17, 15) is 4.79 Å². The molecule has 1 N–H and O–H groups in total. The normalized spacial score (nSPS) is 10.3. The third-order valence-electron chi connectivity index (χ3n) is 3.33. The first-order valence-electron chi connectivity index (χ1n) is 7.02. The van der Waals surface area contributed by atoms with E-state index in [0.29, 0.717) is 12.2 Å². The molecular formula is C17H19BrN2O2S. The first-order valence-corrected chi connectivity index (χ1v) is 9.04. The van der Waals surface area contributed by atoms with E-state index in [4.69, 9.17) is 4.74 Å². The summed E-state index contributed by atoms with van der Waals surface area (Å²) in [6.07, 6.45) is 2.04. The Balaban J connectivity index is 1.97. The Bertz CT molecular complexity index is 677. The summed E-state index contributed by atoms with van der Waals surface area (Å²) >= 11 is 5.11. The van der Waals surface area contributed by atoms with Gasteiger partial charge in [-0.25, -0.2) is 4.79 Å². The number of methoxy groups -OCH3 is 1. The summed E-state index contributed by atoms with van der Waals surface area (Å²) in [6, 6.07) is 13.5. The second-order valence-corrected chi connectivity index (χ2v) is 6.72. The number of hydrogen-bond acceptors (Lipinski definition) is 3. The van der Waals surface area contributed by atoms with Crippen LogP contribution in [0.4, 0.5) is 10.5 Å². The molecule has 0 atom stereocenters. The van der Waals surface area contributed by atoms with E-state index in [1.54, 1.807) is 36.9 Å². The molecule has 6 heteroatoms. The van der Waals surface area contributed by atoms with E-state index in [-0.39, 0.29) is 6.03 Å². The van der Waals surface area contributed by atoms with Gasteiger partial charge in [-0.3, -0.25) is 0 Å². The van der Waals surface area contributed by atoms with Gasteiger partial charge in [0.1, 0.15) is 5.75 Å². The van der Waals surface area contributed by atoms with Gasteiger partial charge in [-0.1, -0.05) is 12.1 Å². The summed E-state index contributed by atoms with van der Waals surface area (Å²) in [5.41, 5.74) is 1.81. The second-order valence-electron chi connectivity index (χ2n) is 4.98. The van der Waals surface area contributed by atoms with Gasteiger partial charge >= 0.3 is 6.03 Å². The summed E-state index contributed by atoms with van der Waals surface area (Å²) < 4.78 is 5.98. The first kappa shape index (κ1) is 17.7. The minimum atomic E-state index is -0.156. The molecule has 2 aromatic rings. The van der Waals surface area contributed by atoms with Crippen LogP contribution in [0.15, 0.2) is 51.8 Å². The zero-order valence-electron chi connectivity index (χ0n) is 13.3. The lowest BCUT2D eigenvalue weighted by Crippen LogP contribution is -2.30. The van der Waals surface area contributed by atoms with Gasteiger partial charge in [-0.05, 0) is 58.1 Å². The van der Waals surface area contributed by atoms with Crippen LogP contribution < -0.4 is 10.1 Å². The molecule has 0 spiro atoms. The fourth-order valence-electron chi connectivity index (χ4n) is 2.04. The average molecular weight is 395 g/mol. The lowest BCUT2D eigenvalue weighted by Gasteiger charge is -2.18. The van der Waals surface area contributed by atoms with Crippen LogP contribution in [0.1, 0.15) is 5.56 Å². The Labute approximate surface area is 149 Å². The summed E-state index contributed by atoms with van der Waals surface area (Å²) in [7, 11) is 3.38. The number of nitrogens with zero attached hydrogens (tertiary/aromatic N) is 1. The Morgan fingerprint density at radius 3 is 2.52 bits per heavy atom. The van der Waals surface area contributed by atoms with Gasteiger partial charge in [0.15, 0.2) is 0 Å².